The average Bonchev–Trinajstić information content (AvgIpc) is 2.74. The van der Waals surface area contributed by atoms with Crippen LogP contribution >= 0.6 is 0 Å². The summed E-state index contributed by atoms with van der Waals surface area (Å²) in [7, 11) is 0. The predicted octanol–water partition coefficient (Wildman–Crippen LogP) is 3.87. The molecule has 29 heavy (non-hydrogen) atoms. The first kappa shape index (κ1) is 17.6. The maximum Gasteiger partial charge on any atom is 0.329 e. The number of hydrogen-bond acceptors (Lipinski definition) is 5. The number of piperidine rings is 1. The maximum atomic E-state index is 13.2. The Morgan fingerprint density at radius 1 is 1.14 bits per heavy atom. The summed E-state index contributed by atoms with van der Waals surface area (Å²) in [5, 5.41) is 2.93. The molecule has 0 radical (unpaired) electrons. The Morgan fingerprint density at radius 2 is 2.07 bits per heavy atom. The number of amides is 2. The van der Waals surface area contributed by atoms with Gasteiger partial charge in [-0.1, -0.05) is 6.07 Å². The second kappa shape index (κ2) is 7.16. The van der Waals surface area contributed by atoms with Crippen molar-refractivity contribution >= 4 is 23.4 Å². The molecule has 0 saturated carbocycles. The number of rotatable bonds is 2. The van der Waals surface area contributed by atoms with E-state index in [1.54, 1.807) is 18.5 Å². The number of nitrogens with zero attached hydrogens (tertiary/aromatic N) is 5. The van der Waals surface area contributed by atoms with Crippen LogP contribution in [0, 0.1) is 6.92 Å². The highest BCUT2D eigenvalue weighted by Gasteiger charge is 2.38. The van der Waals surface area contributed by atoms with Crippen LogP contribution in [0.5, 0.6) is 0 Å². The molecule has 2 aliphatic heterocycles. The lowest BCUT2D eigenvalue weighted by molar-refractivity contribution is 0.252. The first-order chi connectivity index (χ1) is 14.2. The molecule has 146 valence electrons. The summed E-state index contributed by atoms with van der Waals surface area (Å²) in [6.07, 6.45) is 5.48. The first-order valence-corrected chi connectivity index (χ1v) is 9.89. The Morgan fingerprint density at radius 3 is 2.90 bits per heavy atom. The van der Waals surface area contributed by atoms with Gasteiger partial charge in [0, 0.05) is 36.7 Å². The van der Waals surface area contributed by atoms with Gasteiger partial charge in [-0.15, -0.1) is 0 Å². The molecule has 1 atom stereocenters. The fourth-order valence-corrected chi connectivity index (χ4v) is 4.16. The van der Waals surface area contributed by atoms with Gasteiger partial charge in [-0.05, 0) is 56.2 Å². The van der Waals surface area contributed by atoms with E-state index in [1.807, 2.05) is 42.2 Å². The molecule has 7 nitrogen and oxygen atoms in total. The number of aryl methyl sites for hydroxylation is 1. The molecule has 0 aliphatic carbocycles. The SMILES string of the molecule is Cc1cc(-c2ccc3c(n2)N(C(=O)Nc2ccccn2)[C@H]2CCCN3C2)ccn1. The molecule has 1 saturated heterocycles. The molecule has 2 aliphatic rings. The number of nitrogens with one attached hydrogen (secondary N) is 1. The summed E-state index contributed by atoms with van der Waals surface area (Å²) in [6, 6.07) is 13.5. The molecule has 2 bridgehead atoms. The van der Waals surface area contributed by atoms with Crippen molar-refractivity contribution < 1.29 is 4.79 Å². The average molecular weight is 386 g/mol. The second-order valence-corrected chi connectivity index (χ2v) is 7.48. The lowest BCUT2D eigenvalue weighted by Gasteiger charge is -2.45. The summed E-state index contributed by atoms with van der Waals surface area (Å²) >= 11 is 0. The van der Waals surface area contributed by atoms with Crippen LogP contribution in [0.25, 0.3) is 11.3 Å². The number of carbonyl (C=O) groups is 1. The summed E-state index contributed by atoms with van der Waals surface area (Å²) in [4.78, 5) is 30.8. The van der Waals surface area contributed by atoms with Crippen molar-refractivity contribution in [3.05, 3.63) is 60.6 Å². The summed E-state index contributed by atoms with van der Waals surface area (Å²) in [5.41, 5.74) is 3.78. The second-order valence-electron chi connectivity index (χ2n) is 7.48. The summed E-state index contributed by atoms with van der Waals surface area (Å²) in [6.45, 7) is 3.79. The van der Waals surface area contributed by atoms with Crippen molar-refractivity contribution in [1.29, 1.82) is 0 Å². The molecule has 2 amide bonds. The number of aromatic nitrogens is 3. The van der Waals surface area contributed by atoms with E-state index in [-0.39, 0.29) is 12.1 Å². The zero-order chi connectivity index (χ0) is 19.8. The fourth-order valence-electron chi connectivity index (χ4n) is 4.16. The van der Waals surface area contributed by atoms with Crippen molar-refractivity contribution in [3.8, 4) is 11.3 Å². The zero-order valence-electron chi connectivity index (χ0n) is 16.2. The van der Waals surface area contributed by atoms with Gasteiger partial charge in [0.15, 0.2) is 5.82 Å². The smallest absolute Gasteiger partial charge is 0.329 e. The third-order valence-corrected chi connectivity index (χ3v) is 5.50. The van der Waals surface area contributed by atoms with Gasteiger partial charge in [-0.3, -0.25) is 15.2 Å². The molecular formula is C22H22N6O. The number of carbonyl (C=O) groups excluding carboxylic acids is 1. The number of anilines is 3. The van der Waals surface area contributed by atoms with Gasteiger partial charge in [0.05, 0.1) is 17.4 Å². The van der Waals surface area contributed by atoms with E-state index >= 15 is 0 Å². The van der Waals surface area contributed by atoms with Gasteiger partial charge in [0.25, 0.3) is 0 Å². The highest BCUT2D eigenvalue weighted by molar-refractivity contribution is 6.04. The van der Waals surface area contributed by atoms with Crippen LogP contribution in [-0.4, -0.2) is 40.1 Å². The monoisotopic (exact) mass is 386 g/mol. The Kier molecular flexibility index (Phi) is 4.35. The molecule has 5 heterocycles. The van der Waals surface area contributed by atoms with Crippen LogP contribution in [0.3, 0.4) is 0 Å². The third kappa shape index (κ3) is 3.29. The summed E-state index contributed by atoms with van der Waals surface area (Å²) < 4.78 is 0. The van der Waals surface area contributed by atoms with Crippen LogP contribution in [0.1, 0.15) is 18.5 Å². The summed E-state index contributed by atoms with van der Waals surface area (Å²) in [5.74, 6) is 1.25. The third-order valence-electron chi connectivity index (χ3n) is 5.50. The van der Waals surface area contributed by atoms with Crippen molar-refractivity contribution in [2.75, 3.05) is 28.2 Å². The highest BCUT2D eigenvalue weighted by Crippen LogP contribution is 2.39. The minimum Gasteiger partial charge on any atom is -0.366 e. The number of pyridine rings is 3. The normalized spacial score (nSPS) is 17.6. The highest BCUT2D eigenvalue weighted by atomic mass is 16.2. The molecule has 1 fully saturated rings. The Hall–Kier alpha value is -3.48. The molecule has 3 aromatic rings. The minimum absolute atomic E-state index is 0.0990. The molecule has 0 unspecified atom stereocenters. The molecular weight excluding hydrogens is 364 g/mol. The molecule has 7 heteroatoms. The van der Waals surface area contributed by atoms with Crippen molar-refractivity contribution in [3.63, 3.8) is 0 Å². The van der Waals surface area contributed by atoms with Gasteiger partial charge in [-0.25, -0.2) is 14.8 Å². The van der Waals surface area contributed by atoms with Crippen LogP contribution in [0.4, 0.5) is 22.1 Å². The van der Waals surface area contributed by atoms with Crippen LogP contribution in [-0.2, 0) is 0 Å². The van der Waals surface area contributed by atoms with Gasteiger partial charge >= 0.3 is 6.03 Å². The van der Waals surface area contributed by atoms with E-state index in [4.69, 9.17) is 4.98 Å². The Balaban J connectivity index is 1.56. The molecule has 5 rings (SSSR count). The van der Waals surface area contributed by atoms with E-state index in [9.17, 15) is 4.79 Å². The number of fused-ring (bicyclic) bond motifs is 4. The van der Waals surface area contributed by atoms with Crippen LogP contribution in [0.2, 0.25) is 0 Å². The number of hydrogen-bond donors (Lipinski definition) is 1. The van der Waals surface area contributed by atoms with E-state index < -0.39 is 0 Å². The van der Waals surface area contributed by atoms with Gasteiger partial charge in [-0.2, -0.15) is 0 Å². The van der Waals surface area contributed by atoms with Gasteiger partial charge < -0.3 is 4.90 Å². The van der Waals surface area contributed by atoms with Crippen LogP contribution in [0.15, 0.2) is 54.9 Å². The van der Waals surface area contributed by atoms with E-state index in [0.717, 1.165) is 48.6 Å². The lowest BCUT2D eigenvalue weighted by atomic mass is 9.99. The molecule has 0 spiro atoms. The number of urea groups is 1. The van der Waals surface area contributed by atoms with Crippen molar-refractivity contribution in [2.24, 2.45) is 0 Å². The Bertz CT molecular complexity index is 1050. The maximum absolute atomic E-state index is 13.2. The predicted molar refractivity (Wildman–Crippen MR) is 113 cm³/mol. The molecule has 0 aromatic carbocycles. The largest absolute Gasteiger partial charge is 0.366 e. The molecule has 3 aromatic heterocycles. The fraction of sp³-hybridized carbons (Fsp3) is 0.273. The zero-order valence-corrected chi connectivity index (χ0v) is 16.2. The van der Waals surface area contributed by atoms with Crippen molar-refractivity contribution in [2.45, 2.75) is 25.8 Å². The first-order valence-electron chi connectivity index (χ1n) is 9.89. The van der Waals surface area contributed by atoms with Gasteiger partial charge in [0.1, 0.15) is 5.82 Å². The van der Waals surface area contributed by atoms with Crippen molar-refractivity contribution in [1.82, 2.24) is 15.0 Å². The molecule has 1 N–H and O–H groups in total. The minimum atomic E-state index is -0.188. The van der Waals surface area contributed by atoms with Crippen LogP contribution < -0.4 is 15.1 Å². The van der Waals surface area contributed by atoms with E-state index in [2.05, 4.69) is 26.3 Å². The van der Waals surface area contributed by atoms with E-state index in [0.29, 0.717) is 11.6 Å². The lowest BCUT2D eigenvalue weighted by Crippen LogP contribution is -2.56. The van der Waals surface area contributed by atoms with Gasteiger partial charge in [0.2, 0.25) is 0 Å². The topological polar surface area (TPSA) is 74.2 Å². The quantitative estimate of drug-likeness (QED) is 0.724. The van der Waals surface area contributed by atoms with E-state index in [1.165, 1.54) is 0 Å². The standard InChI is InChI=1S/C22H22N6O/c1-15-13-16(9-11-23-15)18-7-8-19-21(25-18)28(17-5-4-12-27(19)14-17)22(29)26-20-6-2-3-10-24-20/h2-3,6-11,13,17H,4-5,12,14H2,1H3,(H,24,26,29)/t17-/m0/s1. The Labute approximate surface area is 169 Å².